The maximum absolute atomic E-state index is 14.5. The highest BCUT2D eigenvalue weighted by Crippen LogP contribution is 2.54. The van der Waals surface area contributed by atoms with Crippen molar-refractivity contribution in [3.8, 4) is 5.75 Å². The fourth-order valence-electron chi connectivity index (χ4n) is 11.3. The van der Waals surface area contributed by atoms with Gasteiger partial charge in [-0.3, -0.25) is 33.9 Å². The van der Waals surface area contributed by atoms with Crippen molar-refractivity contribution in [2.75, 3.05) is 80.8 Å². The van der Waals surface area contributed by atoms with Gasteiger partial charge in [0.1, 0.15) is 24.8 Å². The van der Waals surface area contributed by atoms with Crippen LogP contribution in [0.3, 0.4) is 0 Å². The maximum atomic E-state index is 14.5. The van der Waals surface area contributed by atoms with E-state index in [1.54, 1.807) is 22.4 Å². The lowest BCUT2D eigenvalue weighted by Gasteiger charge is -2.43. The van der Waals surface area contributed by atoms with Crippen LogP contribution in [0.25, 0.3) is 21.9 Å². The monoisotopic (exact) mass is 1030 g/mol. The molecule has 16 nitrogen and oxygen atoms in total. The van der Waals surface area contributed by atoms with E-state index < -0.39 is 19.1 Å². The first-order chi connectivity index (χ1) is 33.9. The minimum Gasteiger partial charge on any atom is -0.494 e. The average Bonchev–Trinajstić information content (AvgIpc) is 3.94. The summed E-state index contributed by atoms with van der Waals surface area (Å²) in [5, 5.41) is 11.2. The molecule has 0 aliphatic carbocycles. The van der Waals surface area contributed by atoms with E-state index in [0.29, 0.717) is 53.3 Å². The van der Waals surface area contributed by atoms with E-state index in [9.17, 15) is 18.9 Å². The number of imidazole rings is 1. The van der Waals surface area contributed by atoms with Gasteiger partial charge in [0.15, 0.2) is 0 Å². The number of piperazine rings is 1. The molecule has 4 aliphatic heterocycles. The molecular weight excluding hydrogens is 970 g/mol. The number of nitrogens with zero attached hydrogens (tertiary/aromatic N) is 8. The number of benzene rings is 3. The number of anilines is 5. The number of aryl methyl sites for hydroxylation is 3. The van der Waals surface area contributed by atoms with Crippen LogP contribution >= 0.6 is 23.1 Å². The van der Waals surface area contributed by atoms with Crippen LogP contribution in [0.1, 0.15) is 75.2 Å². The zero-order valence-corrected chi connectivity index (χ0v) is 43.1. The molecule has 4 saturated heterocycles. The highest BCUT2D eigenvalue weighted by atomic mass is 79.9. The summed E-state index contributed by atoms with van der Waals surface area (Å²) in [6.07, 6.45) is 9.38. The first kappa shape index (κ1) is 48.0. The summed E-state index contributed by atoms with van der Waals surface area (Å²) in [4.78, 5) is 60.4. The SMILES string of the molecule is CCc1ccc2c(P3(=O)CCCC3)c(Nc3nc(Nc4cc(C)c(N5CCC(N6CCN(CCc7cccc8c7n(CC)c(=O)n8C7CCC(=O)NC7=O)CC6)CC5)cc4OC)ncc3Br)ccc2n1. The predicted octanol–water partition coefficient (Wildman–Crippen LogP) is 7.88. The summed E-state index contributed by atoms with van der Waals surface area (Å²) in [7, 11) is -0.952. The number of para-hydroxylation sites is 1. The molecular formula is C52H63BrN11O5P. The second kappa shape index (κ2) is 20.2. The first-order valence-electron chi connectivity index (χ1n) is 25.0. The molecule has 4 fully saturated rings. The smallest absolute Gasteiger partial charge is 0.329 e. The molecule has 10 rings (SSSR count). The Kier molecular flexibility index (Phi) is 13.9. The highest BCUT2D eigenvalue weighted by Gasteiger charge is 2.35. The first-order valence-corrected chi connectivity index (χ1v) is 27.9. The number of rotatable bonds is 14. The number of halogens is 1. The number of amides is 2. The van der Waals surface area contributed by atoms with E-state index in [2.05, 4.69) is 89.7 Å². The van der Waals surface area contributed by atoms with Gasteiger partial charge in [0.05, 0.1) is 39.5 Å². The third kappa shape index (κ3) is 9.37. The van der Waals surface area contributed by atoms with Crippen LogP contribution in [-0.2, 0) is 33.5 Å². The van der Waals surface area contributed by atoms with Gasteiger partial charge in [0.25, 0.3) is 0 Å². The number of imide groups is 1. The van der Waals surface area contributed by atoms with Crippen molar-refractivity contribution in [2.24, 2.45) is 0 Å². The third-order valence-corrected chi connectivity index (χ3v) is 19.0. The van der Waals surface area contributed by atoms with Gasteiger partial charge in [0, 0.05) is 111 Å². The molecule has 7 heterocycles. The maximum Gasteiger partial charge on any atom is 0.329 e. The van der Waals surface area contributed by atoms with E-state index in [-0.39, 0.29) is 18.0 Å². The van der Waals surface area contributed by atoms with Gasteiger partial charge in [-0.05, 0) is 116 Å². The summed E-state index contributed by atoms with van der Waals surface area (Å²) >= 11 is 3.67. The van der Waals surface area contributed by atoms with Crippen molar-refractivity contribution in [1.29, 1.82) is 0 Å². The van der Waals surface area contributed by atoms with E-state index in [1.807, 2.05) is 37.3 Å². The third-order valence-electron chi connectivity index (χ3n) is 15.0. The molecule has 4 aliphatic rings. The largest absolute Gasteiger partial charge is 0.494 e. The number of aromatic nitrogens is 5. The summed E-state index contributed by atoms with van der Waals surface area (Å²) < 4.78 is 24.6. The number of nitrogens with one attached hydrogen (secondary N) is 3. The molecule has 2 amide bonds. The van der Waals surface area contributed by atoms with Crippen LogP contribution in [0.4, 0.5) is 28.8 Å². The molecule has 6 aromatic rings. The number of ether oxygens (including phenoxy) is 1. The standard InChI is InChI=1S/C52H63BrN11O5P/c1-5-35-12-13-37-39(55-35)14-15-40(48(37)70(68)28-7-8-29-70)56-49-38(53)32-54-51(59-49)57-41-30-33(3)44(31-45(41)69-4)62-22-19-36(20-23-62)61-26-24-60(25-27-61)21-18-34-10-9-11-42-47(34)63(6-2)52(67)64(42)43-16-17-46(65)58-50(43)66/h9-15,30-32,36,43H,5-8,16-29H2,1-4H3,(H,58,65,66)(H2,54,56,57,59). The predicted molar refractivity (Wildman–Crippen MR) is 282 cm³/mol. The van der Waals surface area contributed by atoms with Crippen molar-refractivity contribution in [2.45, 2.75) is 90.8 Å². The van der Waals surface area contributed by atoms with E-state index in [1.165, 1.54) is 0 Å². The molecule has 1 unspecified atom stereocenters. The summed E-state index contributed by atoms with van der Waals surface area (Å²) in [5.74, 6) is 0.979. The second-order valence-electron chi connectivity index (χ2n) is 19.2. The number of hydrogen-bond acceptors (Lipinski definition) is 13. The lowest BCUT2D eigenvalue weighted by molar-refractivity contribution is -0.135. The number of carbonyl (C=O) groups is 2. The van der Waals surface area contributed by atoms with Gasteiger partial charge in [0.2, 0.25) is 17.8 Å². The fourth-order valence-corrected chi connectivity index (χ4v) is 15.0. The number of pyridine rings is 1. The minimum absolute atomic E-state index is 0.200. The van der Waals surface area contributed by atoms with Gasteiger partial charge in [-0.2, -0.15) is 4.98 Å². The Bertz CT molecular complexity index is 3080. The average molecular weight is 1030 g/mol. The lowest BCUT2D eigenvalue weighted by atomic mass is 10.00. The van der Waals surface area contributed by atoms with Crippen LogP contribution in [0, 0.1) is 6.92 Å². The molecule has 3 N–H and O–H groups in total. The number of hydrogen-bond donors (Lipinski definition) is 3. The number of carbonyl (C=O) groups excluding carboxylic acids is 2. The highest BCUT2D eigenvalue weighted by molar-refractivity contribution is 9.10. The zero-order chi connectivity index (χ0) is 48.7. The van der Waals surface area contributed by atoms with Gasteiger partial charge in [-0.25, -0.2) is 9.78 Å². The molecule has 3 aromatic carbocycles. The van der Waals surface area contributed by atoms with Crippen molar-refractivity contribution in [3.05, 3.63) is 92.6 Å². The van der Waals surface area contributed by atoms with Gasteiger partial charge in [-0.1, -0.05) is 25.1 Å². The van der Waals surface area contributed by atoms with Gasteiger partial charge < -0.3 is 29.7 Å². The Morgan fingerprint density at radius 3 is 2.41 bits per heavy atom. The van der Waals surface area contributed by atoms with Crippen LogP contribution in [0.2, 0.25) is 0 Å². The van der Waals surface area contributed by atoms with Gasteiger partial charge in [-0.15, -0.1) is 0 Å². The summed E-state index contributed by atoms with van der Waals surface area (Å²) in [6.45, 7) is 13.5. The van der Waals surface area contributed by atoms with Crippen LogP contribution < -0.4 is 36.6 Å². The number of methoxy groups -OCH3 is 1. The van der Waals surface area contributed by atoms with Gasteiger partial charge >= 0.3 is 5.69 Å². The normalized spacial score (nSPS) is 19.3. The Morgan fingerprint density at radius 1 is 0.900 bits per heavy atom. The molecule has 0 saturated carbocycles. The number of fused-ring (bicyclic) bond motifs is 2. The molecule has 70 heavy (non-hydrogen) atoms. The van der Waals surface area contributed by atoms with Crippen LogP contribution in [0.15, 0.2) is 70.1 Å². The minimum atomic E-state index is -2.64. The van der Waals surface area contributed by atoms with Crippen molar-refractivity contribution >= 4 is 91.0 Å². The van der Waals surface area contributed by atoms with E-state index in [0.717, 1.165) is 145 Å². The molecule has 0 bridgehead atoms. The van der Waals surface area contributed by atoms with E-state index in [4.69, 9.17) is 14.7 Å². The lowest BCUT2D eigenvalue weighted by Crippen LogP contribution is -2.53. The fraction of sp³-hybridized carbons (Fsp3) is 0.462. The quantitative estimate of drug-likeness (QED) is 0.0712. The van der Waals surface area contributed by atoms with Crippen molar-refractivity contribution in [3.63, 3.8) is 0 Å². The Labute approximate surface area is 417 Å². The number of piperidine rings is 2. The summed E-state index contributed by atoms with van der Waals surface area (Å²) in [5.41, 5.74) is 8.27. The van der Waals surface area contributed by atoms with Crippen LogP contribution in [-0.4, -0.2) is 117 Å². The topological polar surface area (TPSA) is 172 Å². The molecule has 18 heteroatoms. The molecule has 1 atom stereocenters. The Hall–Kier alpha value is -5.61. The Balaban J connectivity index is 0.763. The van der Waals surface area contributed by atoms with Crippen molar-refractivity contribution in [1.82, 2.24) is 39.2 Å². The van der Waals surface area contributed by atoms with Crippen molar-refractivity contribution < 1.29 is 18.9 Å². The second-order valence-corrected chi connectivity index (χ2v) is 23.2. The molecule has 368 valence electrons. The summed E-state index contributed by atoms with van der Waals surface area (Å²) in [6, 6.07) is 18.2. The van der Waals surface area contributed by atoms with Crippen LogP contribution in [0.5, 0.6) is 5.75 Å². The zero-order valence-electron chi connectivity index (χ0n) is 40.6. The Morgan fingerprint density at radius 2 is 1.69 bits per heavy atom. The molecule has 0 spiro atoms. The molecule has 3 aromatic heterocycles. The molecule has 0 radical (unpaired) electrons. The van der Waals surface area contributed by atoms with E-state index >= 15 is 0 Å².